The van der Waals surface area contributed by atoms with Crippen LogP contribution < -0.4 is 15.0 Å². The third kappa shape index (κ3) is 4.42. The highest BCUT2D eigenvalue weighted by molar-refractivity contribution is 7.91. The second kappa shape index (κ2) is 6.88. The summed E-state index contributed by atoms with van der Waals surface area (Å²) in [7, 11) is -2.93. The van der Waals surface area contributed by atoms with E-state index in [0.717, 1.165) is 13.0 Å². The monoisotopic (exact) mass is 315 g/mol. The molecule has 1 aliphatic rings. The highest BCUT2D eigenvalue weighted by Crippen LogP contribution is 2.17. The molecule has 0 unspecified atom stereocenters. The molecule has 0 saturated carbocycles. The minimum atomic E-state index is -2.93. The molecule has 118 valence electrons. The van der Waals surface area contributed by atoms with Crippen LogP contribution in [0.2, 0.25) is 0 Å². The maximum absolute atomic E-state index is 11.5. The molecule has 2 rings (SSSR count). The molecule has 1 N–H and O–H groups in total. The van der Waals surface area contributed by atoms with Crippen LogP contribution in [0.4, 0.5) is 11.9 Å². The molecule has 1 aliphatic heterocycles. The van der Waals surface area contributed by atoms with Gasteiger partial charge < -0.3 is 15.0 Å². The zero-order valence-corrected chi connectivity index (χ0v) is 13.2. The van der Waals surface area contributed by atoms with Crippen LogP contribution >= 0.6 is 0 Å². The Balaban J connectivity index is 2.19. The zero-order chi connectivity index (χ0) is 15.3. The van der Waals surface area contributed by atoms with E-state index in [2.05, 4.69) is 20.3 Å². The molecule has 9 heteroatoms. The maximum Gasteiger partial charge on any atom is 0.323 e. The molecular formula is C12H21N5O3S. The van der Waals surface area contributed by atoms with Gasteiger partial charge in [0, 0.05) is 19.6 Å². The van der Waals surface area contributed by atoms with Gasteiger partial charge in [0.05, 0.1) is 18.1 Å². The minimum Gasteiger partial charge on any atom is -0.464 e. The molecular weight excluding hydrogens is 294 g/mol. The van der Waals surface area contributed by atoms with Crippen molar-refractivity contribution in [3.8, 4) is 6.01 Å². The van der Waals surface area contributed by atoms with Crippen LogP contribution in [-0.4, -0.2) is 61.1 Å². The van der Waals surface area contributed by atoms with Crippen LogP contribution in [0.25, 0.3) is 0 Å². The number of nitrogens with zero attached hydrogens (tertiary/aromatic N) is 4. The van der Waals surface area contributed by atoms with Crippen molar-refractivity contribution < 1.29 is 13.2 Å². The number of hydrogen-bond donors (Lipinski definition) is 1. The second-order valence-electron chi connectivity index (χ2n) is 4.74. The summed E-state index contributed by atoms with van der Waals surface area (Å²) in [5, 5.41) is 3.10. The summed E-state index contributed by atoms with van der Waals surface area (Å²) < 4.78 is 28.3. The van der Waals surface area contributed by atoms with Gasteiger partial charge in [-0.15, -0.1) is 0 Å². The van der Waals surface area contributed by atoms with Crippen molar-refractivity contribution in [1.82, 2.24) is 15.0 Å². The molecule has 1 aromatic heterocycles. The van der Waals surface area contributed by atoms with Gasteiger partial charge >= 0.3 is 6.01 Å². The summed E-state index contributed by atoms with van der Waals surface area (Å²) in [6, 6.07) is 0.259. The molecule has 21 heavy (non-hydrogen) atoms. The van der Waals surface area contributed by atoms with Crippen molar-refractivity contribution in [3.63, 3.8) is 0 Å². The Morgan fingerprint density at radius 3 is 2.52 bits per heavy atom. The zero-order valence-electron chi connectivity index (χ0n) is 12.4. The molecule has 0 radical (unpaired) electrons. The highest BCUT2D eigenvalue weighted by atomic mass is 32.2. The minimum absolute atomic E-state index is 0.125. The fraction of sp³-hybridized carbons (Fsp3) is 0.750. The largest absolute Gasteiger partial charge is 0.464 e. The Hall–Kier alpha value is -1.64. The normalized spacial score (nSPS) is 17.5. The molecule has 0 atom stereocenters. The number of sulfone groups is 1. The van der Waals surface area contributed by atoms with Crippen LogP contribution in [-0.2, 0) is 9.84 Å². The summed E-state index contributed by atoms with van der Waals surface area (Å²) in [5.74, 6) is 1.17. The number of ether oxygens (including phenoxy) is 1. The molecule has 2 heterocycles. The predicted octanol–water partition coefficient (Wildman–Crippen LogP) is 0.327. The first-order valence-electron chi connectivity index (χ1n) is 7.12. The van der Waals surface area contributed by atoms with Gasteiger partial charge in [0.15, 0.2) is 9.84 Å². The summed E-state index contributed by atoms with van der Waals surface area (Å²) in [6.07, 6.45) is 0.951. The Kier molecular flexibility index (Phi) is 5.16. The fourth-order valence-electron chi connectivity index (χ4n) is 1.91. The van der Waals surface area contributed by atoms with E-state index in [4.69, 9.17) is 4.74 Å². The van der Waals surface area contributed by atoms with Crippen molar-refractivity contribution >= 4 is 21.7 Å². The summed E-state index contributed by atoms with van der Waals surface area (Å²) in [5.41, 5.74) is 0. The van der Waals surface area contributed by atoms with Gasteiger partial charge in [-0.3, -0.25) is 0 Å². The number of hydrogen-bond acceptors (Lipinski definition) is 8. The average Bonchev–Trinajstić information content (AvgIpc) is 2.45. The summed E-state index contributed by atoms with van der Waals surface area (Å²) in [4.78, 5) is 14.6. The predicted molar refractivity (Wildman–Crippen MR) is 80.6 cm³/mol. The third-order valence-electron chi connectivity index (χ3n) is 3.04. The van der Waals surface area contributed by atoms with Gasteiger partial charge in [-0.1, -0.05) is 6.92 Å². The molecule has 0 bridgehead atoms. The first-order valence-corrected chi connectivity index (χ1v) is 8.94. The number of anilines is 2. The lowest BCUT2D eigenvalue weighted by molar-refractivity contribution is 0.312. The van der Waals surface area contributed by atoms with E-state index in [1.165, 1.54) is 0 Å². The first kappa shape index (κ1) is 15.7. The Morgan fingerprint density at radius 1 is 1.19 bits per heavy atom. The molecule has 8 nitrogen and oxygen atoms in total. The topological polar surface area (TPSA) is 97.3 Å². The Labute approximate surface area is 124 Å². The lowest BCUT2D eigenvalue weighted by Crippen LogP contribution is -2.41. The molecule has 0 spiro atoms. The summed E-state index contributed by atoms with van der Waals surface area (Å²) in [6.45, 7) is 5.91. The molecule has 0 aliphatic carbocycles. The van der Waals surface area contributed by atoms with E-state index in [-0.39, 0.29) is 17.5 Å². The number of nitrogens with one attached hydrogen (secondary N) is 1. The Bertz CT molecular complexity index is 564. The van der Waals surface area contributed by atoms with Crippen LogP contribution in [0.15, 0.2) is 0 Å². The molecule has 0 aromatic carbocycles. The number of aromatic nitrogens is 3. The number of rotatable bonds is 6. The van der Waals surface area contributed by atoms with E-state index in [0.29, 0.717) is 31.6 Å². The van der Waals surface area contributed by atoms with Crippen molar-refractivity contribution in [2.24, 2.45) is 0 Å². The molecule has 1 saturated heterocycles. The van der Waals surface area contributed by atoms with Crippen LogP contribution in [0, 0.1) is 0 Å². The van der Waals surface area contributed by atoms with Crippen LogP contribution in [0.3, 0.4) is 0 Å². The van der Waals surface area contributed by atoms with E-state index in [9.17, 15) is 8.42 Å². The van der Waals surface area contributed by atoms with Gasteiger partial charge in [0.1, 0.15) is 0 Å². The Morgan fingerprint density at radius 2 is 1.90 bits per heavy atom. The maximum atomic E-state index is 11.5. The lowest BCUT2D eigenvalue weighted by Gasteiger charge is -2.26. The highest BCUT2D eigenvalue weighted by Gasteiger charge is 2.24. The van der Waals surface area contributed by atoms with Crippen molar-refractivity contribution in [3.05, 3.63) is 0 Å². The standard InChI is InChI=1S/C12H21N5O3S/c1-3-5-13-10-14-11(16-12(15-10)20-4-2)17-6-8-21(18,19)9-7-17/h3-9H2,1-2H3,(H,13,14,15,16). The van der Waals surface area contributed by atoms with Gasteiger partial charge in [0.25, 0.3) is 0 Å². The molecule has 1 aromatic rings. The second-order valence-corrected chi connectivity index (χ2v) is 7.04. The molecule has 1 fully saturated rings. The average molecular weight is 315 g/mol. The summed E-state index contributed by atoms with van der Waals surface area (Å²) >= 11 is 0. The van der Waals surface area contributed by atoms with Gasteiger partial charge in [0.2, 0.25) is 11.9 Å². The lowest BCUT2D eigenvalue weighted by atomic mass is 10.5. The van der Waals surface area contributed by atoms with Crippen molar-refractivity contribution in [2.75, 3.05) is 48.0 Å². The van der Waals surface area contributed by atoms with Crippen molar-refractivity contribution in [2.45, 2.75) is 20.3 Å². The third-order valence-corrected chi connectivity index (χ3v) is 4.65. The SMILES string of the molecule is CCCNc1nc(OCC)nc(N2CCS(=O)(=O)CC2)n1. The van der Waals surface area contributed by atoms with E-state index < -0.39 is 9.84 Å². The van der Waals surface area contributed by atoms with Gasteiger partial charge in [-0.25, -0.2) is 8.42 Å². The van der Waals surface area contributed by atoms with Crippen LogP contribution in [0.1, 0.15) is 20.3 Å². The molecule has 0 amide bonds. The van der Waals surface area contributed by atoms with Gasteiger partial charge in [-0.05, 0) is 13.3 Å². The smallest absolute Gasteiger partial charge is 0.323 e. The first-order chi connectivity index (χ1) is 10.0. The van der Waals surface area contributed by atoms with Crippen molar-refractivity contribution in [1.29, 1.82) is 0 Å². The van der Waals surface area contributed by atoms with E-state index >= 15 is 0 Å². The van der Waals surface area contributed by atoms with Gasteiger partial charge in [-0.2, -0.15) is 15.0 Å². The quantitative estimate of drug-likeness (QED) is 0.802. The van der Waals surface area contributed by atoms with E-state index in [1.807, 2.05) is 18.7 Å². The van der Waals surface area contributed by atoms with Crippen LogP contribution in [0.5, 0.6) is 6.01 Å². The van der Waals surface area contributed by atoms with E-state index in [1.54, 1.807) is 0 Å². The fourth-order valence-corrected chi connectivity index (χ4v) is 3.11.